The number of rotatable bonds is 0. The number of hydrogen-bond acceptors (Lipinski definition) is 1. The molecule has 0 spiro atoms. The summed E-state index contributed by atoms with van der Waals surface area (Å²) < 4.78 is 1.38. The van der Waals surface area contributed by atoms with Crippen molar-refractivity contribution in [3.05, 3.63) is 0 Å². The Balaban J connectivity index is 3.26. The van der Waals surface area contributed by atoms with Gasteiger partial charge in [-0.25, -0.2) is 2.95 Å². The van der Waals surface area contributed by atoms with E-state index in [0.29, 0.717) is 5.84 Å². The number of hydrogen-bond donors (Lipinski definition) is 1. The van der Waals surface area contributed by atoms with Crippen molar-refractivity contribution in [3.8, 4) is 0 Å². The van der Waals surface area contributed by atoms with Crippen molar-refractivity contribution in [2.75, 3.05) is 0 Å². The second kappa shape index (κ2) is 2.58. The van der Waals surface area contributed by atoms with Crippen LogP contribution in [0.2, 0.25) is 0 Å². The molecule has 1 N–H and O–H groups in total. The first kappa shape index (κ1) is 6.43. The van der Waals surface area contributed by atoms with Gasteiger partial charge in [-0.15, -0.1) is 0 Å². The molecule has 4 heteroatoms. The SMILES string of the molecule is CC(=N)N(Br)Br. The Morgan fingerprint density at radius 2 is 1.83 bits per heavy atom. The summed E-state index contributed by atoms with van der Waals surface area (Å²) in [5.41, 5.74) is 0. The topological polar surface area (TPSA) is 27.1 Å². The molecule has 0 rings (SSSR count). The maximum atomic E-state index is 6.78. The van der Waals surface area contributed by atoms with Crippen molar-refractivity contribution >= 4 is 38.1 Å². The molecule has 0 aromatic carbocycles. The minimum Gasteiger partial charge on any atom is -0.287 e. The van der Waals surface area contributed by atoms with Crippen LogP contribution in [0.1, 0.15) is 6.92 Å². The molecule has 2 nitrogen and oxygen atoms in total. The summed E-state index contributed by atoms with van der Waals surface area (Å²) in [5.74, 6) is 0.426. The smallest absolute Gasteiger partial charge is 0.114 e. The number of amidine groups is 1. The van der Waals surface area contributed by atoms with Crippen LogP contribution in [0.5, 0.6) is 0 Å². The van der Waals surface area contributed by atoms with Crippen LogP contribution in [0.4, 0.5) is 0 Å². The first-order valence-electron chi connectivity index (χ1n) is 1.31. The normalized spacial score (nSPS) is 7.83. The van der Waals surface area contributed by atoms with Gasteiger partial charge in [-0.3, -0.25) is 5.41 Å². The molecule has 0 aliphatic rings. The Morgan fingerprint density at radius 1 is 1.67 bits per heavy atom. The van der Waals surface area contributed by atoms with E-state index >= 15 is 0 Å². The molecule has 0 aromatic rings. The van der Waals surface area contributed by atoms with Crippen LogP contribution >= 0.6 is 32.3 Å². The summed E-state index contributed by atoms with van der Waals surface area (Å²) in [6.45, 7) is 1.66. The van der Waals surface area contributed by atoms with Gasteiger partial charge in [0.1, 0.15) is 5.84 Å². The molecule has 0 radical (unpaired) electrons. The Hall–Kier alpha value is 0.430. The summed E-state index contributed by atoms with van der Waals surface area (Å²) >= 11 is 5.93. The van der Waals surface area contributed by atoms with E-state index in [0.717, 1.165) is 0 Å². The lowest BCUT2D eigenvalue weighted by Crippen LogP contribution is -2.00. The molecule has 0 bridgehead atoms. The van der Waals surface area contributed by atoms with E-state index in [4.69, 9.17) is 5.41 Å². The minimum absolute atomic E-state index is 0.426. The zero-order valence-electron chi connectivity index (χ0n) is 3.20. The van der Waals surface area contributed by atoms with Gasteiger partial charge in [0, 0.05) is 0 Å². The Bertz CT molecular complexity index is 60.6. The predicted octanol–water partition coefficient (Wildman–Crippen LogP) is 1.91. The van der Waals surface area contributed by atoms with Crippen LogP contribution in [0.3, 0.4) is 0 Å². The Morgan fingerprint density at radius 3 is 1.83 bits per heavy atom. The summed E-state index contributed by atoms with van der Waals surface area (Å²) in [6, 6.07) is 0. The summed E-state index contributed by atoms with van der Waals surface area (Å²) in [7, 11) is 0. The van der Waals surface area contributed by atoms with Crippen molar-refractivity contribution in [1.82, 2.24) is 2.95 Å². The van der Waals surface area contributed by atoms with Crippen molar-refractivity contribution < 1.29 is 0 Å². The van der Waals surface area contributed by atoms with Gasteiger partial charge in [-0.05, 0) is 6.92 Å². The molecule has 0 amide bonds. The van der Waals surface area contributed by atoms with Gasteiger partial charge in [-0.2, -0.15) is 0 Å². The van der Waals surface area contributed by atoms with Gasteiger partial charge in [-0.1, -0.05) is 0 Å². The van der Waals surface area contributed by atoms with Crippen molar-refractivity contribution in [2.24, 2.45) is 0 Å². The third-order valence-electron chi connectivity index (χ3n) is 0.254. The van der Waals surface area contributed by atoms with Gasteiger partial charge in [0.15, 0.2) is 0 Å². The van der Waals surface area contributed by atoms with Crippen LogP contribution in [0.25, 0.3) is 0 Å². The van der Waals surface area contributed by atoms with Crippen molar-refractivity contribution in [1.29, 1.82) is 5.41 Å². The highest BCUT2D eigenvalue weighted by Crippen LogP contribution is 2.03. The molecule has 0 unspecified atom stereocenters. The van der Waals surface area contributed by atoms with E-state index in [1.54, 1.807) is 6.92 Å². The molecular formula is C2H4Br2N2. The van der Waals surface area contributed by atoms with Gasteiger partial charge in [0.2, 0.25) is 0 Å². The van der Waals surface area contributed by atoms with E-state index in [9.17, 15) is 0 Å². The molecule has 36 valence electrons. The molecule has 0 aliphatic carbocycles. The molecule has 0 atom stereocenters. The number of nitrogens with zero attached hydrogens (tertiary/aromatic N) is 1. The van der Waals surface area contributed by atoms with Gasteiger partial charge < -0.3 is 0 Å². The van der Waals surface area contributed by atoms with Crippen LogP contribution in [-0.4, -0.2) is 8.79 Å². The molecule has 0 saturated carbocycles. The maximum absolute atomic E-state index is 6.78. The zero-order chi connectivity index (χ0) is 5.15. The Labute approximate surface area is 53.7 Å². The fraction of sp³-hybridized carbons (Fsp3) is 0.500. The van der Waals surface area contributed by atoms with Crippen molar-refractivity contribution in [3.63, 3.8) is 0 Å². The fourth-order valence-corrected chi connectivity index (χ4v) is 0. The fourth-order valence-electron chi connectivity index (χ4n) is 0. The molecule has 0 saturated heterocycles. The van der Waals surface area contributed by atoms with Crippen molar-refractivity contribution in [2.45, 2.75) is 6.92 Å². The number of halogens is 2. The van der Waals surface area contributed by atoms with E-state index in [-0.39, 0.29) is 0 Å². The Kier molecular flexibility index (Phi) is 2.76. The average Bonchev–Trinajstić information content (AvgIpc) is 1.36. The quantitative estimate of drug-likeness (QED) is 0.373. The van der Waals surface area contributed by atoms with E-state index in [2.05, 4.69) is 32.3 Å². The van der Waals surface area contributed by atoms with E-state index < -0.39 is 0 Å². The van der Waals surface area contributed by atoms with Crippen LogP contribution in [0.15, 0.2) is 0 Å². The minimum atomic E-state index is 0.426. The highest BCUT2D eigenvalue weighted by atomic mass is 79.9. The van der Waals surface area contributed by atoms with E-state index in [1.165, 1.54) is 2.95 Å². The lowest BCUT2D eigenvalue weighted by Gasteiger charge is -1.98. The standard InChI is InChI=1S/C2H4Br2N2/c1-2(5)6(3)4/h5H,1H3. The third-order valence-corrected chi connectivity index (χ3v) is 1.32. The average molecular weight is 216 g/mol. The summed E-state index contributed by atoms with van der Waals surface area (Å²) in [6.07, 6.45) is 0. The molecular weight excluding hydrogens is 212 g/mol. The zero-order valence-corrected chi connectivity index (χ0v) is 6.38. The monoisotopic (exact) mass is 214 g/mol. The molecule has 6 heavy (non-hydrogen) atoms. The third kappa shape index (κ3) is 2.66. The highest BCUT2D eigenvalue weighted by Gasteiger charge is 1.88. The first-order chi connectivity index (χ1) is 2.64. The maximum Gasteiger partial charge on any atom is 0.114 e. The largest absolute Gasteiger partial charge is 0.287 e. The molecule has 0 heterocycles. The molecule has 0 aromatic heterocycles. The molecule has 0 aliphatic heterocycles. The summed E-state index contributed by atoms with van der Waals surface area (Å²) in [5, 5.41) is 6.78. The van der Waals surface area contributed by atoms with Crippen LogP contribution in [-0.2, 0) is 0 Å². The lowest BCUT2D eigenvalue weighted by molar-refractivity contribution is 1.15. The van der Waals surface area contributed by atoms with Gasteiger partial charge in [0.25, 0.3) is 0 Å². The van der Waals surface area contributed by atoms with Crippen LogP contribution < -0.4 is 0 Å². The first-order valence-corrected chi connectivity index (χ1v) is 2.73. The lowest BCUT2D eigenvalue weighted by atomic mass is 10.8. The van der Waals surface area contributed by atoms with E-state index in [1.807, 2.05) is 0 Å². The second-order valence-electron chi connectivity index (χ2n) is 0.818. The summed E-state index contributed by atoms with van der Waals surface area (Å²) in [4.78, 5) is 0. The predicted molar refractivity (Wildman–Crippen MR) is 33.1 cm³/mol. The van der Waals surface area contributed by atoms with Gasteiger partial charge in [0.05, 0.1) is 32.3 Å². The molecule has 0 fully saturated rings. The van der Waals surface area contributed by atoms with Gasteiger partial charge >= 0.3 is 0 Å². The number of nitrogens with one attached hydrogen (secondary N) is 1. The highest BCUT2D eigenvalue weighted by molar-refractivity contribution is 9.21. The second-order valence-corrected chi connectivity index (χ2v) is 3.19. The van der Waals surface area contributed by atoms with Crippen LogP contribution in [0, 0.1) is 5.41 Å².